The quantitative estimate of drug-likeness (QED) is 0.165. The van der Waals surface area contributed by atoms with Gasteiger partial charge in [-0.05, 0) is 105 Å². The Morgan fingerprint density at radius 1 is 0.418 bits per heavy atom. The number of hydrogen-bond donors (Lipinski definition) is 0. The van der Waals surface area contributed by atoms with Gasteiger partial charge in [-0.25, -0.2) is 4.98 Å². The van der Waals surface area contributed by atoms with Crippen LogP contribution in [0.2, 0.25) is 0 Å². The van der Waals surface area contributed by atoms with E-state index in [9.17, 15) is 0 Å². The minimum atomic E-state index is -0.0915. The van der Waals surface area contributed by atoms with Crippen molar-refractivity contribution in [1.29, 1.82) is 0 Å². The van der Waals surface area contributed by atoms with Crippen molar-refractivity contribution < 1.29 is 0 Å². The Bertz CT molecular complexity index is 2800. The minimum Gasteiger partial charge on any atom is -0.310 e. The lowest BCUT2D eigenvalue weighted by atomic mass is 9.82. The molecule has 0 aliphatic heterocycles. The summed E-state index contributed by atoms with van der Waals surface area (Å²) in [5.74, 6) is 0.934. The van der Waals surface area contributed by atoms with E-state index in [2.05, 4.69) is 217 Å². The molecule has 10 rings (SSSR count). The van der Waals surface area contributed by atoms with Crippen molar-refractivity contribution in [3.63, 3.8) is 0 Å². The van der Waals surface area contributed by atoms with Crippen LogP contribution in [0.25, 0.3) is 61.5 Å². The Balaban J connectivity index is 1.01. The number of benzene rings is 8. The van der Waals surface area contributed by atoms with Crippen LogP contribution in [0.1, 0.15) is 25.0 Å². The summed E-state index contributed by atoms with van der Waals surface area (Å²) in [4.78, 5) is 7.46. The molecule has 0 saturated carbocycles. The van der Waals surface area contributed by atoms with Crippen molar-refractivity contribution in [2.45, 2.75) is 19.3 Å². The Kier molecular flexibility index (Phi) is 7.81. The molecule has 55 heavy (non-hydrogen) atoms. The lowest BCUT2D eigenvalue weighted by molar-refractivity contribution is 0.660. The van der Waals surface area contributed by atoms with E-state index in [0.29, 0.717) is 0 Å². The lowest BCUT2D eigenvalue weighted by Crippen LogP contribution is -2.16. The first-order valence-corrected chi connectivity index (χ1v) is 19.0. The first-order valence-electron chi connectivity index (χ1n) is 19.0. The molecule has 3 heteroatoms. The molecule has 1 aliphatic rings. The van der Waals surface area contributed by atoms with Crippen LogP contribution in [0, 0.1) is 0 Å². The molecule has 1 aromatic heterocycles. The van der Waals surface area contributed by atoms with Gasteiger partial charge in [-0.3, -0.25) is 4.57 Å². The zero-order valence-electron chi connectivity index (χ0n) is 30.9. The fourth-order valence-electron chi connectivity index (χ4n) is 8.38. The summed E-state index contributed by atoms with van der Waals surface area (Å²) in [6, 6.07) is 71.9. The second kappa shape index (κ2) is 13.2. The second-order valence-corrected chi connectivity index (χ2v) is 14.9. The Labute approximate surface area is 322 Å². The molecule has 0 bridgehead atoms. The number of para-hydroxylation sites is 3. The van der Waals surface area contributed by atoms with Gasteiger partial charge < -0.3 is 4.90 Å². The van der Waals surface area contributed by atoms with Gasteiger partial charge in [-0.2, -0.15) is 0 Å². The van der Waals surface area contributed by atoms with Crippen molar-refractivity contribution in [2.75, 3.05) is 4.90 Å². The van der Waals surface area contributed by atoms with Gasteiger partial charge in [0.05, 0.1) is 11.0 Å². The van der Waals surface area contributed by atoms with Crippen LogP contribution in [0.15, 0.2) is 200 Å². The van der Waals surface area contributed by atoms with Crippen LogP contribution < -0.4 is 4.90 Å². The third-order valence-electron chi connectivity index (χ3n) is 11.2. The molecule has 1 aliphatic carbocycles. The number of nitrogens with zero attached hydrogens (tertiary/aromatic N) is 3. The van der Waals surface area contributed by atoms with Crippen molar-refractivity contribution >= 4 is 28.1 Å². The molecular weight excluding hydrogens is 667 g/mol. The summed E-state index contributed by atoms with van der Waals surface area (Å²) in [6.07, 6.45) is 0. The van der Waals surface area contributed by atoms with E-state index in [4.69, 9.17) is 4.98 Å². The van der Waals surface area contributed by atoms with Crippen LogP contribution in [0.4, 0.5) is 17.1 Å². The highest BCUT2D eigenvalue weighted by Gasteiger charge is 2.35. The van der Waals surface area contributed by atoms with Gasteiger partial charge in [0.15, 0.2) is 0 Å². The first-order chi connectivity index (χ1) is 27.0. The molecule has 1 heterocycles. The fourth-order valence-corrected chi connectivity index (χ4v) is 8.38. The standard InChI is InChI=1S/C52H39N3/c1-52(2)47-18-10-9-17-45(47)46-34-33-44(35-48(46)52)54(42-29-25-38(26-30-42)36-13-5-3-6-14-36)43-31-27-39(28-32-43)37-21-23-40(24-22-37)51-53-49-19-11-12-20-50(49)55(51)41-15-7-4-8-16-41/h3-35H,1-2H3. The van der Waals surface area contributed by atoms with E-state index in [1.807, 2.05) is 6.07 Å². The molecule has 0 amide bonds. The van der Waals surface area contributed by atoms with Gasteiger partial charge in [0.25, 0.3) is 0 Å². The van der Waals surface area contributed by atoms with E-state index in [1.165, 1.54) is 33.4 Å². The second-order valence-electron chi connectivity index (χ2n) is 14.9. The third-order valence-corrected chi connectivity index (χ3v) is 11.2. The van der Waals surface area contributed by atoms with E-state index in [1.54, 1.807) is 0 Å². The number of rotatable bonds is 7. The largest absolute Gasteiger partial charge is 0.310 e. The van der Waals surface area contributed by atoms with Crippen LogP contribution in [-0.4, -0.2) is 9.55 Å². The monoisotopic (exact) mass is 705 g/mol. The average molecular weight is 706 g/mol. The topological polar surface area (TPSA) is 21.1 Å². The highest BCUT2D eigenvalue weighted by Crippen LogP contribution is 2.50. The average Bonchev–Trinajstić information content (AvgIpc) is 3.75. The predicted molar refractivity (Wildman–Crippen MR) is 230 cm³/mol. The molecule has 0 spiro atoms. The maximum atomic E-state index is 5.07. The Morgan fingerprint density at radius 2 is 0.909 bits per heavy atom. The first kappa shape index (κ1) is 32.7. The van der Waals surface area contributed by atoms with Crippen molar-refractivity contribution in [3.8, 4) is 50.5 Å². The lowest BCUT2D eigenvalue weighted by Gasteiger charge is -2.28. The number of fused-ring (bicyclic) bond motifs is 4. The summed E-state index contributed by atoms with van der Waals surface area (Å²) in [5.41, 5.74) is 17.7. The molecule has 0 atom stereocenters. The fraction of sp³-hybridized carbons (Fsp3) is 0.0577. The molecule has 0 N–H and O–H groups in total. The van der Waals surface area contributed by atoms with Crippen molar-refractivity contribution in [1.82, 2.24) is 9.55 Å². The van der Waals surface area contributed by atoms with E-state index >= 15 is 0 Å². The molecule has 3 nitrogen and oxygen atoms in total. The van der Waals surface area contributed by atoms with Gasteiger partial charge >= 0.3 is 0 Å². The van der Waals surface area contributed by atoms with Gasteiger partial charge in [0.2, 0.25) is 0 Å². The number of anilines is 3. The zero-order valence-corrected chi connectivity index (χ0v) is 30.9. The number of hydrogen-bond acceptors (Lipinski definition) is 2. The Morgan fingerprint density at radius 3 is 1.58 bits per heavy atom. The number of imidazole rings is 1. The maximum absolute atomic E-state index is 5.07. The molecular formula is C52H39N3. The number of aromatic nitrogens is 2. The molecule has 0 radical (unpaired) electrons. The normalized spacial score (nSPS) is 12.7. The minimum absolute atomic E-state index is 0.0915. The van der Waals surface area contributed by atoms with E-state index < -0.39 is 0 Å². The maximum Gasteiger partial charge on any atom is 0.145 e. The van der Waals surface area contributed by atoms with E-state index in [0.717, 1.165) is 56.3 Å². The molecule has 0 fully saturated rings. The van der Waals surface area contributed by atoms with Crippen molar-refractivity contribution in [3.05, 3.63) is 211 Å². The Hall–Kier alpha value is -6.97. The smallest absolute Gasteiger partial charge is 0.145 e. The molecule has 0 unspecified atom stereocenters. The molecule has 9 aromatic rings. The molecule has 0 saturated heterocycles. The van der Waals surface area contributed by atoms with Crippen LogP contribution in [-0.2, 0) is 5.41 Å². The van der Waals surface area contributed by atoms with Crippen LogP contribution >= 0.6 is 0 Å². The van der Waals surface area contributed by atoms with Gasteiger partial charge in [0.1, 0.15) is 5.82 Å². The van der Waals surface area contributed by atoms with Crippen molar-refractivity contribution in [2.24, 2.45) is 0 Å². The zero-order chi connectivity index (χ0) is 36.9. The van der Waals surface area contributed by atoms with Gasteiger partial charge in [-0.15, -0.1) is 0 Å². The summed E-state index contributed by atoms with van der Waals surface area (Å²) >= 11 is 0. The summed E-state index contributed by atoms with van der Waals surface area (Å²) in [5, 5.41) is 0. The highest BCUT2D eigenvalue weighted by atomic mass is 15.1. The van der Waals surface area contributed by atoms with Crippen LogP contribution in [0.5, 0.6) is 0 Å². The van der Waals surface area contributed by atoms with E-state index in [-0.39, 0.29) is 5.41 Å². The third kappa shape index (κ3) is 5.64. The summed E-state index contributed by atoms with van der Waals surface area (Å²) < 4.78 is 2.25. The SMILES string of the molecule is CC1(C)c2ccccc2-c2ccc(N(c3ccc(-c4ccccc4)cc3)c3ccc(-c4ccc(-c5nc6ccccc6n5-c5ccccc5)cc4)cc3)cc21. The van der Waals surface area contributed by atoms with Gasteiger partial charge in [-0.1, -0.05) is 153 Å². The van der Waals surface area contributed by atoms with Gasteiger partial charge in [0, 0.05) is 33.7 Å². The van der Waals surface area contributed by atoms with Crippen LogP contribution in [0.3, 0.4) is 0 Å². The summed E-state index contributed by atoms with van der Waals surface area (Å²) in [6.45, 7) is 4.69. The molecule has 8 aromatic carbocycles. The summed E-state index contributed by atoms with van der Waals surface area (Å²) in [7, 11) is 0. The highest BCUT2D eigenvalue weighted by molar-refractivity contribution is 5.87. The molecule has 262 valence electrons. The predicted octanol–water partition coefficient (Wildman–Crippen LogP) is 13.8.